The van der Waals surface area contributed by atoms with Crippen LogP contribution in [-0.4, -0.2) is 67.7 Å². The van der Waals surface area contributed by atoms with E-state index < -0.39 is 5.60 Å². The van der Waals surface area contributed by atoms with Gasteiger partial charge in [-0.15, -0.1) is 0 Å². The molecule has 0 spiro atoms. The second-order valence-electron chi connectivity index (χ2n) is 10.3. The van der Waals surface area contributed by atoms with Crippen LogP contribution in [0.25, 0.3) is 33.3 Å². The van der Waals surface area contributed by atoms with Crippen LogP contribution in [0.5, 0.6) is 0 Å². The van der Waals surface area contributed by atoms with E-state index in [1.807, 2.05) is 45.3 Å². The minimum atomic E-state index is -0.532. The summed E-state index contributed by atoms with van der Waals surface area (Å²) in [6.07, 6.45) is 5.11. The number of carbonyl (C=O) groups excluding carboxylic acids is 1. The number of hydrogen-bond donors (Lipinski definition) is 1. The fourth-order valence-corrected chi connectivity index (χ4v) is 4.67. The molecule has 36 heavy (non-hydrogen) atoms. The molecular formula is C26H30ClN7O2. The number of amides is 1. The summed E-state index contributed by atoms with van der Waals surface area (Å²) < 4.78 is 5.57. The summed E-state index contributed by atoms with van der Waals surface area (Å²) >= 11 is 6.62. The van der Waals surface area contributed by atoms with Crippen molar-refractivity contribution in [3.8, 4) is 11.4 Å². The van der Waals surface area contributed by atoms with E-state index in [2.05, 4.69) is 33.7 Å². The Morgan fingerprint density at radius 1 is 1.11 bits per heavy atom. The number of anilines is 1. The third kappa shape index (κ3) is 4.55. The second kappa shape index (κ2) is 9.20. The molecule has 1 fully saturated rings. The van der Waals surface area contributed by atoms with E-state index in [-0.39, 0.29) is 12.0 Å². The van der Waals surface area contributed by atoms with E-state index in [4.69, 9.17) is 26.3 Å². The zero-order valence-corrected chi connectivity index (χ0v) is 21.9. The van der Waals surface area contributed by atoms with Crippen LogP contribution < -0.4 is 4.90 Å². The van der Waals surface area contributed by atoms with Crippen LogP contribution in [0.3, 0.4) is 0 Å². The van der Waals surface area contributed by atoms with Gasteiger partial charge in [-0.05, 0) is 44.4 Å². The third-order valence-corrected chi connectivity index (χ3v) is 6.52. The van der Waals surface area contributed by atoms with Gasteiger partial charge in [0.1, 0.15) is 22.6 Å². The van der Waals surface area contributed by atoms with Crippen molar-refractivity contribution in [2.24, 2.45) is 0 Å². The van der Waals surface area contributed by atoms with E-state index in [0.717, 1.165) is 33.4 Å². The third-order valence-electron chi connectivity index (χ3n) is 6.24. The average molecular weight is 508 g/mol. The van der Waals surface area contributed by atoms with E-state index in [0.29, 0.717) is 42.7 Å². The van der Waals surface area contributed by atoms with E-state index in [9.17, 15) is 4.79 Å². The number of aromatic nitrogens is 5. The normalized spacial score (nSPS) is 14.8. The van der Waals surface area contributed by atoms with Crippen LogP contribution in [0.4, 0.5) is 10.6 Å². The van der Waals surface area contributed by atoms with Crippen LogP contribution in [0.2, 0.25) is 5.15 Å². The van der Waals surface area contributed by atoms with Crippen molar-refractivity contribution < 1.29 is 9.53 Å². The number of nitrogens with zero attached hydrogens (tertiary/aromatic N) is 6. The molecule has 4 aromatic heterocycles. The van der Waals surface area contributed by atoms with Crippen molar-refractivity contribution in [1.29, 1.82) is 0 Å². The zero-order chi connectivity index (χ0) is 25.6. The van der Waals surface area contributed by atoms with Crippen LogP contribution in [-0.2, 0) is 4.74 Å². The van der Waals surface area contributed by atoms with Gasteiger partial charge in [0.25, 0.3) is 0 Å². The van der Waals surface area contributed by atoms with Crippen molar-refractivity contribution in [3.63, 3.8) is 0 Å². The number of aromatic amines is 1. The molecule has 1 N–H and O–H groups in total. The van der Waals surface area contributed by atoms with E-state index in [1.54, 1.807) is 11.1 Å². The van der Waals surface area contributed by atoms with Gasteiger partial charge in [-0.3, -0.25) is 0 Å². The Bertz CT molecular complexity index is 1440. The first-order valence-electron chi connectivity index (χ1n) is 12.1. The summed E-state index contributed by atoms with van der Waals surface area (Å²) in [5.74, 6) is 1.56. The van der Waals surface area contributed by atoms with Crippen molar-refractivity contribution >= 4 is 45.4 Å². The SMILES string of the molecule is CC(C)c1cnc(Cl)c2nc(-c3ccnc4[nH]ccc34)nc(N3CCN(C(=O)OC(C)(C)C)CC3)c12. The molecule has 0 radical (unpaired) electrons. The van der Waals surface area contributed by atoms with Gasteiger partial charge in [0.15, 0.2) is 11.0 Å². The minimum Gasteiger partial charge on any atom is -0.444 e. The number of halogens is 1. The highest BCUT2D eigenvalue weighted by atomic mass is 35.5. The number of hydrogen-bond acceptors (Lipinski definition) is 7. The van der Waals surface area contributed by atoms with Gasteiger partial charge in [-0.1, -0.05) is 25.4 Å². The number of carbonyl (C=O) groups is 1. The Balaban J connectivity index is 1.60. The summed E-state index contributed by atoms with van der Waals surface area (Å²) in [6, 6.07) is 3.88. The number of pyridine rings is 2. The van der Waals surface area contributed by atoms with Crippen LogP contribution >= 0.6 is 11.6 Å². The lowest BCUT2D eigenvalue weighted by atomic mass is 10.00. The van der Waals surface area contributed by atoms with Gasteiger partial charge in [0.2, 0.25) is 0 Å². The summed E-state index contributed by atoms with van der Waals surface area (Å²) in [7, 11) is 0. The number of fused-ring (bicyclic) bond motifs is 2. The van der Waals surface area contributed by atoms with Crippen molar-refractivity contribution in [1.82, 2.24) is 29.8 Å². The van der Waals surface area contributed by atoms with Crippen molar-refractivity contribution in [2.75, 3.05) is 31.1 Å². The maximum Gasteiger partial charge on any atom is 0.410 e. The molecule has 5 heterocycles. The monoisotopic (exact) mass is 507 g/mol. The number of rotatable bonds is 3. The highest BCUT2D eigenvalue weighted by molar-refractivity contribution is 6.34. The molecule has 0 bridgehead atoms. The molecule has 0 unspecified atom stereocenters. The molecule has 188 valence electrons. The highest BCUT2D eigenvalue weighted by Crippen LogP contribution is 2.37. The molecular weight excluding hydrogens is 478 g/mol. The first-order chi connectivity index (χ1) is 17.1. The van der Waals surface area contributed by atoms with Gasteiger partial charge in [0, 0.05) is 55.7 Å². The number of nitrogens with one attached hydrogen (secondary N) is 1. The molecule has 1 saturated heterocycles. The summed E-state index contributed by atoms with van der Waals surface area (Å²) in [4.78, 5) is 38.5. The molecule has 0 aromatic carbocycles. The van der Waals surface area contributed by atoms with Gasteiger partial charge in [-0.25, -0.2) is 24.7 Å². The molecule has 9 nitrogen and oxygen atoms in total. The predicted octanol–water partition coefficient (Wildman–Crippen LogP) is 5.40. The Kier molecular flexibility index (Phi) is 6.20. The largest absolute Gasteiger partial charge is 0.444 e. The fraction of sp³-hybridized carbons (Fsp3) is 0.423. The van der Waals surface area contributed by atoms with Crippen LogP contribution in [0, 0.1) is 0 Å². The average Bonchev–Trinajstić information content (AvgIpc) is 3.32. The first kappa shape index (κ1) is 24.2. The van der Waals surface area contributed by atoms with Crippen LogP contribution in [0.15, 0.2) is 30.7 Å². The maximum absolute atomic E-state index is 12.6. The first-order valence-corrected chi connectivity index (χ1v) is 12.5. The molecule has 0 saturated carbocycles. The molecule has 1 aliphatic rings. The van der Waals surface area contributed by atoms with Crippen LogP contribution in [0.1, 0.15) is 46.1 Å². The molecule has 10 heteroatoms. The smallest absolute Gasteiger partial charge is 0.410 e. The lowest BCUT2D eigenvalue weighted by molar-refractivity contribution is 0.0240. The molecule has 1 amide bonds. The quantitative estimate of drug-likeness (QED) is 0.370. The second-order valence-corrected chi connectivity index (χ2v) is 10.7. The molecule has 4 aromatic rings. The zero-order valence-electron chi connectivity index (χ0n) is 21.2. The lowest BCUT2D eigenvalue weighted by Gasteiger charge is -2.36. The van der Waals surface area contributed by atoms with Crippen molar-refractivity contribution in [3.05, 3.63) is 41.4 Å². The number of H-pyrrole nitrogens is 1. The molecule has 0 aliphatic carbocycles. The Hall–Kier alpha value is -3.46. The van der Waals surface area contributed by atoms with Crippen molar-refractivity contribution in [2.45, 2.75) is 46.1 Å². The predicted molar refractivity (Wildman–Crippen MR) is 142 cm³/mol. The van der Waals surface area contributed by atoms with Gasteiger partial charge in [-0.2, -0.15) is 0 Å². The number of ether oxygens (including phenoxy) is 1. The molecule has 1 aliphatic heterocycles. The fourth-order valence-electron chi connectivity index (χ4n) is 4.49. The molecule has 0 atom stereocenters. The Labute approximate surface area is 214 Å². The Morgan fingerprint density at radius 3 is 2.56 bits per heavy atom. The van der Waals surface area contributed by atoms with Gasteiger partial charge < -0.3 is 19.5 Å². The number of piperazine rings is 1. The minimum absolute atomic E-state index is 0.200. The maximum atomic E-state index is 12.6. The van der Waals surface area contributed by atoms with E-state index >= 15 is 0 Å². The lowest BCUT2D eigenvalue weighted by Crippen LogP contribution is -2.50. The summed E-state index contributed by atoms with van der Waals surface area (Å²) in [6.45, 7) is 12.1. The topological polar surface area (TPSA) is 100 Å². The Morgan fingerprint density at radius 2 is 1.86 bits per heavy atom. The van der Waals surface area contributed by atoms with Gasteiger partial charge >= 0.3 is 6.09 Å². The summed E-state index contributed by atoms with van der Waals surface area (Å²) in [5.41, 5.74) is 2.76. The summed E-state index contributed by atoms with van der Waals surface area (Å²) in [5, 5.41) is 2.17. The standard InChI is InChI=1S/C26H30ClN7O2/c1-15(2)18-14-30-21(27)20-19(18)24(33-10-12-34(13-11-33)25(35)36-26(3,4)5)32-23(31-20)17-7-9-29-22-16(17)6-8-28-22/h6-9,14-15H,10-13H2,1-5H3,(H,28,29). The van der Waals surface area contributed by atoms with Gasteiger partial charge in [0.05, 0.1) is 5.39 Å². The highest BCUT2D eigenvalue weighted by Gasteiger charge is 2.29. The molecule has 5 rings (SSSR count). The van der Waals surface area contributed by atoms with E-state index in [1.165, 1.54) is 0 Å².